The number of amides is 15. The van der Waals surface area contributed by atoms with Crippen LogP contribution >= 0.6 is 0 Å². The zero-order valence-electron chi connectivity index (χ0n) is 71.6. The Hall–Kier alpha value is -13.9. The highest BCUT2D eigenvalue weighted by Crippen LogP contribution is 2.36. The van der Waals surface area contributed by atoms with Crippen molar-refractivity contribution < 1.29 is 132 Å². The number of aryl methyl sites for hydroxylation is 1. The fourth-order valence-corrected chi connectivity index (χ4v) is 14.7. The second kappa shape index (κ2) is 47.3. The van der Waals surface area contributed by atoms with Crippen LogP contribution in [0.25, 0.3) is 32.8 Å². The van der Waals surface area contributed by atoms with Crippen LogP contribution in [0.4, 0.5) is 21.6 Å². The van der Waals surface area contributed by atoms with E-state index in [1.54, 1.807) is 4.90 Å². The van der Waals surface area contributed by atoms with Gasteiger partial charge in [-0.05, 0) is 109 Å². The smallest absolute Gasteiger partial charge is 0.341 e. The maximum atomic E-state index is 15.6. The average Bonchev–Trinajstić information content (AvgIpc) is 0.753. The molecule has 0 saturated carbocycles. The molecule has 26 N–H and O–H groups in total. The van der Waals surface area contributed by atoms with Gasteiger partial charge in [0.1, 0.15) is 76.1 Å². The molecule has 0 spiro atoms. The van der Waals surface area contributed by atoms with Gasteiger partial charge in [0.05, 0.1) is 48.6 Å². The molecule has 130 heavy (non-hydrogen) atoms. The van der Waals surface area contributed by atoms with Crippen molar-refractivity contribution in [2.24, 2.45) is 23.5 Å². The molecule has 2 fully saturated rings. The standard InChI is InChI=1S/C80H110FN23O26/c1-41(109)64-75(124)87-19-6-5-10-50(70(119)91-49(12-8-24-102(129)39-107)71(120)96-65(42(2)110)76(125)97-64)95-78(128)80(3,18-9-25-103(130)40-108)98-73(122)54(38-106)93-69(118)48(11-7-20-88-79(82)83)92-72(121)53(37-105)94-74(123)55-17-21-86-68-52(32-44-33-58(111)59(112)35-56(44)104(55)68)89-62(115)14-13-60(113)84-22-23-85-61(114)15-16-63(116)101-28-26-100(27-29-101)57-34-51-43(31-47(57)81)30-45-66(117)46(77(126)127)36-99(4)67(45)90-51/h30-36,39-42,48-50,53-55,64-65,105-106,109-110,129-130H,5-29,37-38H2,1-4H3,(H19,82,83,84,85,86,87,88,89,91,92,93,94,95,96,97,98,111,112,113,114,115,118,119,120,121,122,123,124,125,126,127,128)/p+1/t41-,42-,48-,49-,50-,53-,54+,55-,64+,65-,80-/m0/s1. The number of carboxylic acid groups (broad SMARTS) is 1. The van der Waals surface area contributed by atoms with Crippen LogP contribution in [-0.2, 0) is 79.0 Å². The van der Waals surface area contributed by atoms with E-state index in [1.807, 2.05) is 0 Å². The molecule has 49 nitrogen and oxygen atoms in total. The normalized spacial score (nSPS) is 18.4. The van der Waals surface area contributed by atoms with E-state index < -0.39 is 210 Å². The van der Waals surface area contributed by atoms with Crippen molar-refractivity contribution in [3.63, 3.8) is 0 Å². The molecule has 0 aliphatic carbocycles. The van der Waals surface area contributed by atoms with Crippen molar-refractivity contribution >= 4 is 152 Å². The van der Waals surface area contributed by atoms with Gasteiger partial charge in [-0.3, -0.25) is 97.4 Å². The lowest BCUT2D eigenvalue weighted by molar-refractivity contribution is -0.674. The summed E-state index contributed by atoms with van der Waals surface area (Å²) in [7, 11) is 1.53. The maximum Gasteiger partial charge on any atom is 0.341 e. The first kappa shape index (κ1) is 102. The van der Waals surface area contributed by atoms with Crippen molar-refractivity contribution in [2.45, 2.75) is 177 Å². The number of aliphatic hydroxyl groups is 4. The number of aromatic carboxylic acids is 1. The molecule has 5 aromatic rings. The summed E-state index contributed by atoms with van der Waals surface area (Å²) in [5.41, 5.74) is 8.44. The van der Waals surface area contributed by atoms with Crippen LogP contribution in [0.5, 0.6) is 11.5 Å². The van der Waals surface area contributed by atoms with E-state index in [9.17, 15) is 128 Å². The van der Waals surface area contributed by atoms with E-state index in [0.717, 1.165) is 32.2 Å². The SMILES string of the molecule is C[C@H](O)[C@@H]1NC(=O)[C@H](CCCN(O)C=O)NC(=O)[C@@H](NC(=O)[C@](C)(CCCN(O)C=O)NC(=O)[C@@H](CO)NC(=O)[C@H](CCCN=C(N)N)NC(=O)[C@H](CO)NC(=O)[C@@H]2CCNc3c(NC(=O)CCC(=O)NCCNC(=O)CCC(=O)N4CCN(c5cc6nc7c(cc6cc5F)c(=O)c(C(=O)O)cn7C)CC4)cc4cc(O)c(O)cc4[n+]32)CCCCNC(=O)[C@@H]([C@H](C)O)NC1=O. The van der Waals surface area contributed by atoms with E-state index in [-0.39, 0.29) is 215 Å². The number of carbonyl (C=O) groups excluding carboxylic acids is 15. The van der Waals surface area contributed by atoms with Crippen LogP contribution in [0.1, 0.15) is 127 Å². The Morgan fingerprint density at radius 2 is 1.31 bits per heavy atom. The molecule has 11 atom stereocenters. The minimum absolute atomic E-state index is 0.00261. The molecular formula is C80H111FN23O26+. The van der Waals surface area contributed by atoms with Crippen molar-refractivity contribution in [3.8, 4) is 11.5 Å². The van der Waals surface area contributed by atoms with Gasteiger partial charge < -0.3 is 125 Å². The number of rotatable bonds is 40. The second-order valence-corrected chi connectivity index (χ2v) is 31.6. The minimum atomic E-state index is -2.25. The van der Waals surface area contributed by atoms with Gasteiger partial charge in [-0.2, -0.15) is 0 Å². The number of hydrogen-bond acceptors (Lipinski definition) is 29. The number of guanidine groups is 1. The number of benzene rings is 2. The van der Waals surface area contributed by atoms with Crippen LogP contribution in [-0.4, -0.2) is 318 Å². The van der Waals surface area contributed by atoms with Gasteiger partial charge in [-0.15, -0.1) is 0 Å². The van der Waals surface area contributed by atoms with Crippen molar-refractivity contribution in [1.29, 1.82) is 0 Å². The lowest BCUT2D eigenvalue weighted by atomic mass is 9.92. The fraction of sp³-hybridized carbons (Fsp3) is 0.525. The van der Waals surface area contributed by atoms with E-state index in [4.69, 9.17) is 11.5 Å². The van der Waals surface area contributed by atoms with Gasteiger partial charge in [-0.1, -0.05) is 0 Å². The molecule has 2 saturated heterocycles. The zero-order valence-corrected chi connectivity index (χ0v) is 71.6. The van der Waals surface area contributed by atoms with Gasteiger partial charge in [0.2, 0.25) is 89.1 Å². The van der Waals surface area contributed by atoms with Crippen LogP contribution in [0.15, 0.2) is 52.4 Å². The third-order valence-electron chi connectivity index (χ3n) is 21.8. The summed E-state index contributed by atoms with van der Waals surface area (Å²) in [6, 6.07) is -6.06. The van der Waals surface area contributed by atoms with E-state index in [1.165, 1.54) is 52.3 Å². The number of carboxylic acids is 1. The largest absolute Gasteiger partial charge is 0.504 e. The predicted molar refractivity (Wildman–Crippen MR) is 455 cm³/mol. The number of phenolic OH excluding ortho intramolecular Hbond substituents is 2. The lowest BCUT2D eigenvalue weighted by Gasteiger charge is -2.36. The molecule has 3 aromatic heterocycles. The first-order valence-corrected chi connectivity index (χ1v) is 41.8. The Labute approximate surface area is 740 Å². The topological polar surface area (TPSA) is 728 Å². The molecule has 15 amide bonds. The number of aliphatic hydroxyl groups excluding tert-OH is 4. The molecule has 3 aliphatic rings. The monoisotopic (exact) mass is 1830 g/mol. The molecule has 0 bridgehead atoms. The number of carbonyl (C=O) groups is 16. The zero-order chi connectivity index (χ0) is 95.5. The number of hydrogen-bond donors (Lipinski definition) is 24. The lowest BCUT2D eigenvalue weighted by Crippen LogP contribution is -2.65. The summed E-state index contributed by atoms with van der Waals surface area (Å²) in [5, 5.41) is 127. The number of nitrogens with two attached hydrogens (primary N) is 2. The van der Waals surface area contributed by atoms with Gasteiger partial charge in [0, 0.05) is 128 Å². The Bertz CT molecular complexity index is 5150. The Morgan fingerprint density at radius 1 is 0.700 bits per heavy atom. The van der Waals surface area contributed by atoms with Crippen molar-refractivity contribution in [2.75, 3.05) is 101 Å². The van der Waals surface area contributed by atoms with Gasteiger partial charge in [0.15, 0.2) is 23.5 Å². The number of pyridine rings is 3. The van der Waals surface area contributed by atoms with E-state index >= 15 is 4.39 Å². The highest BCUT2D eigenvalue weighted by Gasteiger charge is 2.43. The van der Waals surface area contributed by atoms with Crippen LogP contribution in [0.3, 0.4) is 0 Å². The molecular weight excluding hydrogens is 1720 g/mol. The molecule has 3 aliphatic heterocycles. The van der Waals surface area contributed by atoms with Crippen LogP contribution < -0.4 is 95.5 Å². The highest BCUT2D eigenvalue weighted by atomic mass is 19.1. The van der Waals surface area contributed by atoms with Crippen molar-refractivity contribution in [1.82, 2.24) is 83.1 Å². The molecule has 708 valence electrons. The van der Waals surface area contributed by atoms with Crippen molar-refractivity contribution in [3.05, 3.63) is 64.2 Å². The fourth-order valence-electron chi connectivity index (χ4n) is 14.7. The summed E-state index contributed by atoms with van der Waals surface area (Å²) in [4.78, 5) is 240. The Kier molecular flexibility index (Phi) is 36.9. The summed E-state index contributed by atoms with van der Waals surface area (Å²) in [5.74, 6) is -15.9. The number of aromatic hydroxyl groups is 2. The number of nitrogens with one attached hydrogen (secondary N) is 13. The molecule has 6 heterocycles. The number of aliphatic imine (C=N–C) groups is 1. The highest BCUT2D eigenvalue weighted by molar-refractivity contribution is 6.02. The molecule has 0 radical (unpaired) electrons. The molecule has 8 rings (SSSR count). The predicted octanol–water partition coefficient (Wildman–Crippen LogP) is -7.16. The van der Waals surface area contributed by atoms with E-state index in [0.29, 0.717) is 5.52 Å². The number of aromatic nitrogens is 3. The minimum Gasteiger partial charge on any atom is -0.504 e. The number of anilines is 3. The van der Waals surface area contributed by atoms with Crippen LogP contribution in [0.2, 0.25) is 0 Å². The van der Waals surface area contributed by atoms with Crippen LogP contribution in [0, 0.1) is 5.82 Å². The number of nitrogens with zero attached hydrogens (tertiary/aromatic N) is 8. The summed E-state index contributed by atoms with van der Waals surface area (Å²) < 4.78 is 18.3. The molecule has 50 heteroatoms. The molecule has 2 aromatic carbocycles. The maximum absolute atomic E-state index is 15.6. The number of piperazine rings is 1. The quantitative estimate of drug-likeness (QED) is 0.00199. The second-order valence-electron chi connectivity index (χ2n) is 31.6. The first-order valence-electron chi connectivity index (χ1n) is 41.8. The average molecular weight is 1830 g/mol. The van der Waals surface area contributed by atoms with Gasteiger partial charge in [-0.25, -0.2) is 28.9 Å². The van der Waals surface area contributed by atoms with E-state index in [2.05, 4.69) is 79.1 Å². The molecule has 0 unspecified atom stereocenters. The third kappa shape index (κ3) is 27.6. The van der Waals surface area contributed by atoms with Gasteiger partial charge >= 0.3 is 5.97 Å². The summed E-state index contributed by atoms with van der Waals surface area (Å²) in [6.45, 7) is 0.595. The number of hydroxylamine groups is 4. The summed E-state index contributed by atoms with van der Waals surface area (Å²) >= 11 is 0. The number of fused-ring (bicyclic) bond motifs is 5. The Morgan fingerprint density at radius 3 is 1.95 bits per heavy atom. The van der Waals surface area contributed by atoms with Gasteiger partial charge in [0.25, 0.3) is 11.7 Å². The third-order valence-corrected chi connectivity index (χ3v) is 21.8. The number of phenols is 2. The Balaban J connectivity index is 0.883. The summed E-state index contributed by atoms with van der Waals surface area (Å²) in [6.07, 6.45) is -5.25. The number of halogens is 1. The first-order chi connectivity index (χ1) is 61.7.